The average Bonchev–Trinajstić information content (AvgIpc) is 3.21. The predicted octanol–water partition coefficient (Wildman–Crippen LogP) is 5.98. The molecule has 0 aliphatic rings. The van der Waals surface area contributed by atoms with Gasteiger partial charge in [0, 0.05) is 11.6 Å². The number of rotatable bonds is 5. The number of halogens is 2. The van der Waals surface area contributed by atoms with E-state index in [0.29, 0.717) is 27.9 Å². The van der Waals surface area contributed by atoms with Crippen LogP contribution in [-0.2, 0) is 6.61 Å². The third kappa shape index (κ3) is 4.72. The van der Waals surface area contributed by atoms with Crippen LogP contribution in [0.2, 0.25) is 10.0 Å². The van der Waals surface area contributed by atoms with Gasteiger partial charge in [-0.3, -0.25) is 5.32 Å². The number of anilines is 2. The van der Waals surface area contributed by atoms with Gasteiger partial charge < -0.3 is 10.4 Å². The van der Waals surface area contributed by atoms with Gasteiger partial charge in [-0.1, -0.05) is 71.7 Å². The van der Waals surface area contributed by atoms with Gasteiger partial charge in [-0.25, -0.2) is 9.48 Å². The molecule has 156 valence electrons. The van der Waals surface area contributed by atoms with Crippen molar-refractivity contribution in [2.45, 2.75) is 6.61 Å². The van der Waals surface area contributed by atoms with Crippen molar-refractivity contribution in [1.29, 1.82) is 0 Å². The van der Waals surface area contributed by atoms with Gasteiger partial charge in [0.15, 0.2) is 0 Å². The SMILES string of the molecule is O=C(Nc1cccc(Cl)c1Cl)Nc1cc(-c2ccccc2)nn1-c1cccc(CO)c1. The fourth-order valence-electron chi connectivity index (χ4n) is 3.07. The van der Waals surface area contributed by atoms with Gasteiger partial charge in [-0.05, 0) is 29.8 Å². The van der Waals surface area contributed by atoms with E-state index in [-0.39, 0.29) is 11.6 Å². The maximum Gasteiger partial charge on any atom is 0.324 e. The van der Waals surface area contributed by atoms with Crippen molar-refractivity contribution in [1.82, 2.24) is 9.78 Å². The van der Waals surface area contributed by atoms with E-state index in [1.165, 1.54) is 0 Å². The van der Waals surface area contributed by atoms with E-state index in [4.69, 9.17) is 23.2 Å². The molecule has 0 unspecified atom stereocenters. The van der Waals surface area contributed by atoms with E-state index in [9.17, 15) is 9.90 Å². The molecule has 2 amide bonds. The average molecular weight is 453 g/mol. The first-order valence-corrected chi connectivity index (χ1v) is 10.2. The Morgan fingerprint density at radius 1 is 0.935 bits per heavy atom. The van der Waals surface area contributed by atoms with E-state index in [1.54, 1.807) is 35.0 Å². The Hall–Kier alpha value is -3.32. The maximum atomic E-state index is 12.7. The Labute approximate surface area is 189 Å². The summed E-state index contributed by atoms with van der Waals surface area (Å²) in [5.41, 5.74) is 3.41. The van der Waals surface area contributed by atoms with Crippen molar-refractivity contribution in [3.63, 3.8) is 0 Å². The second-order valence-corrected chi connectivity index (χ2v) is 7.49. The Bertz CT molecular complexity index is 1230. The smallest absolute Gasteiger partial charge is 0.324 e. The van der Waals surface area contributed by atoms with Crippen LogP contribution in [0, 0.1) is 0 Å². The number of carbonyl (C=O) groups is 1. The minimum atomic E-state index is -0.497. The molecule has 31 heavy (non-hydrogen) atoms. The topological polar surface area (TPSA) is 79.2 Å². The van der Waals surface area contributed by atoms with Crippen LogP contribution < -0.4 is 10.6 Å². The van der Waals surface area contributed by atoms with Crippen LogP contribution in [0.4, 0.5) is 16.3 Å². The van der Waals surface area contributed by atoms with Gasteiger partial charge in [0.05, 0.1) is 33.7 Å². The zero-order valence-electron chi connectivity index (χ0n) is 16.2. The number of hydrogen-bond donors (Lipinski definition) is 3. The van der Waals surface area contributed by atoms with E-state index >= 15 is 0 Å². The summed E-state index contributed by atoms with van der Waals surface area (Å²) in [6.45, 7) is -0.100. The first kappa shape index (κ1) is 20.9. The lowest BCUT2D eigenvalue weighted by Gasteiger charge is -2.12. The normalized spacial score (nSPS) is 10.7. The van der Waals surface area contributed by atoms with Gasteiger partial charge in [-0.15, -0.1) is 0 Å². The van der Waals surface area contributed by atoms with Gasteiger partial charge in [0.25, 0.3) is 0 Å². The monoisotopic (exact) mass is 452 g/mol. The number of hydrogen-bond acceptors (Lipinski definition) is 3. The summed E-state index contributed by atoms with van der Waals surface area (Å²) in [5.74, 6) is 0.449. The number of aliphatic hydroxyl groups is 1. The summed E-state index contributed by atoms with van der Waals surface area (Å²) in [6.07, 6.45) is 0. The Morgan fingerprint density at radius 3 is 2.48 bits per heavy atom. The molecule has 3 N–H and O–H groups in total. The third-order valence-electron chi connectivity index (χ3n) is 4.56. The molecule has 0 saturated heterocycles. The molecule has 0 bridgehead atoms. The second kappa shape index (κ2) is 9.22. The molecule has 0 fully saturated rings. The molecule has 6 nitrogen and oxygen atoms in total. The molecule has 1 aromatic heterocycles. The molecule has 0 radical (unpaired) electrons. The number of nitrogens with one attached hydrogen (secondary N) is 2. The molecule has 0 atom stereocenters. The van der Waals surface area contributed by atoms with Crippen LogP contribution in [0.1, 0.15) is 5.56 Å². The molecule has 0 spiro atoms. The van der Waals surface area contributed by atoms with Crippen molar-refractivity contribution >= 4 is 40.7 Å². The van der Waals surface area contributed by atoms with Crippen LogP contribution in [-0.4, -0.2) is 20.9 Å². The number of urea groups is 1. The quantitative estimate of drug-likeness (QED) is 0.348. The highest BCUT2D eigenvalue weighted by Gasteiger charge is 2.15. The fraction of sp³-hybridized carbons (Fsp3) is 0.0435. The van der Waals surface area contributed by atoms with Crippen LogP contribution in [0.3, 0.4) is 0 Å². The number of carbonyl (C=O) groups excluding carboxylic acids is 1. The standard InChI is InChI=1S/C23H18Cl2N4O2/c24-18-10-5-11-19(22(18)25)26-23(31)27-21-13-20(16-7-2-1-3-8-16)28-29(21)17-9-4-6-15(12-17)14-30/h1-13,30H,14H2,(H2,26,27,31). The van der Waals surface area contributed by atoms with Gasteiger partial charge in [0.2, 0.25) is 0 Å². The minimum absolute atomic E-state index is 0.100. The van der Waals surface area contributed by atoms with Crippen molar-refractivity contribution in [3.8, 4) is 16.9 Å². The third-order valence-corrected chi connectivity index (χ3v) is 5.38. The zero-order valence-corrected chi connectivity index (χ0v) is 17.7. The number of aromatic nitrogens is 2. The summed E-state index contributed by atoms with van der Waals surface area (Å²) in [5, 5.41) is 20.3. The number of benzene rings is 3. The Morgan fingerprint density at radius 2 is 1.71 bits per heavy atom. The summed E-state index contributed by atoms with van der Waals surface area (Å²) in [7, 11) is 0. The van der Waals surface area contributed by atoms with Crippen LogP contribution in [0.25, 0.3) is 16.9 Å². The molecular weight excluding hydrogens is 435 g/mol. The highest BCUT2D eigenvalue weighted by atomic mass is 35.5. The van der Waals surface area contributed by atoms with Crippen LogP contribution in [0.5, 0.6) is 0 Å². The molecule has 4 aromatic rings. The summed E-state index contributed by atoms with van der Waals surface area (Å²) < 4.78 is 1.61. The number of aliphatic hydroxyl groups excluding tert-OH is 1. The Kier molecular flexibility index (Phi) is 6.23. The highest BCUT2D eigenvalue weighted by molar-refractivity contribution is 6.44. The predicted molar refractivity (Wildman–Crippen MR) is 124 cm³/mol. The minimum Gasteiger partial charge on any atom is -0.392 e. The lowest BCUT2D eigenvalue weighted by molar-refractivity contribution is 0.262. The lowest BCUT2D eigenvalue weighted by atomic mass is 10.2. The van der Waals surface area contributed by atoms with E-state index in [2.05, 4.69) is 15.7 Å². The largest absolute Gasteiger partial charge is 0.392 e. The van der Waals surface area contributed by atoms with Crippen molar-refractivity contribution < 1.29 is 9.90 Å². The van der Waals surface area contributed by atoms with E-state index in [1.807, 2.05) is 48.5 Å². The molecule has 0 saturated carbocycles. The number of amides is 2. The second-order valence-electron chi connectivity index (χ2n) is 6.70. The highest BCUT2D eigenvalue weighted by Crippen LogP contribution is 2.30. The first-order chi connectivity index (χ1) is 15.0. The Balaban J connectivity index is 1.69. The molecule has 1 heterocycles. The lowest BCUT2D eigenvalue weighted by Crippen LogP contribution is -2.21. The zero-order chi connectivity index (χ0) is 21.8. The summed E-state index contributed by atoms with van der Waals surface area (Å²) in [4.78, 5) is 12.7. The van der Waals surface area contributed by atoms with Crippen LogP contribution >= 0.6 is 23.2 Å². The van der Waals surface area contributed by atoms with Gasteiger partial charge >= 0.3 is 6.03 Å². The maximum absolute atomic E-state index is 12.7. The number of nitrogens with zero attached hydrogens (tertiary/aromatic N) is 2. The van der Waals surface area contributed by atoms with Crippen molar-refractivity contribution in [3.05, 3.63) is 94.5 Å². The van der Waals surface area contributed by atoms with Gasteiger partial charge in [0.1, 0.15) is 5.82 Å². The summed E-state index contributed by atoms with van der Waals surface area (Å²) in [6, 6.07) is 23.2. The summed E-state index contributed by atoms with van der Waals surface area (Å²) >= 11 is 12.2. The molecule has 0 aliphatic carbocycles. The molecule has 0 aliphatic heterocycles. The molecule has 4 rings (SSSR count). The molecular formula is C23H18Cl2N4O2. The van der Waals surface area contributed by atoms with Gasteiger partial charge in [-0.2, -0.15) is 5.10 Å². The molecule has 8 heteroatoms. The van der Waals surface area contributed by atoms with Crippen LogP contribution in [0.15, 0.2) is 78.9 Å². The molecule has 3 aromatic carbocycles. The fourth-order valence-corrected chi connectivity index (χ4v) is 3.42. The van der Waals surface area contributed by atoms with Crippen molar-refractivity contribution in [2.75, 3.05) is 10.6 Å². The van der Waals surface area contributed by atoms with E-state index < -0.39 is 6.03 Å². The van der Waals surface area contributed by atoms with Crippen molar-refractivity contribution in [2.24, 2.45) is 0 Å². The first-order valence-electron chi connectivity index (χ1n) is 9.43. The van der Waals surface area contributed by atoms with E-state index in [0.717, 1.165) is 11.1 Å².